The molecule has 0 bridgehead atoms. The Labute approximate surface area is 169 Å². The van der Waals surface area contributed by atoms with Gasteiger partial charge < -0.3 is 0 Å². The highest BCUT2D eigenvalue weighted by Crippen LogP contribution is 2.63. The van der Waals surface area contributed by atoms with E-state index in [2.05, 4.69) is 83.1 Å². The zero-order valence-electron chi connectivity index (χ0n) is 20.3. The third kappa shape index (κ3) is 7.70. The predicted octanol–water partition coefficient (Wildman–Crippen LogP) is 8.95. The van der Waals surface area contributed by atoms with Crippen molar-refractivity contribution in [3.63, 3.8) is 0 Å². The van der Waals surface area contributed by atoms with Gasteiger partial charge >= 0.3 is 0 Å². The molecule has 0 aromatic carbocycles. The maximum absolute atomic E-state index is 2.49. The molecule has 0 radical (unpaired) electrons. The fourth-order valence-corrected chi connectivity index (χ4v) is 13.3. The highest BCUT2D eigenvalue weighted by Gasteiger charge is 2.39. The molecule has 0 amide bonds. The first-order chi connectivity index (χ1) is 11.4. The van der Waals surface area contributed by atoms with E-state index in [1.54, 1.807) is 0 Å². The maximum Gasteiger partial charge on any atom is -0.0175 e. The molecule has 1 aliphatic carbocycles. The molecule has 1 aliphatic rings. The van der Waals surface area contributed by atoms with E-state index in [0.29, 0.717) is 20.6 Å². The molecule has 26 heavy (non-hydrogen) atoms. The van der Waals surface area contributed by atoms with E-state index >= 15 is 0 Å². The Morgan fingerprint density at radius 3 is 1.04 bits per heavy atom. The van der Waals surface area contributed by atoms with Gasteiger partial charge in [-0.2, -0.15) is 0 Å². The Bertz CT molecular complexity index is 357. The molecule has 1 saturated carbocycles. The van der Waals surface area contributed by atoms with Crippen LogP contribution in [0.4, 0.5) is 0 Å². The lowest BCUT2D eigenvalue weighted by atomic mass is 9.83. The molecule has 0 spiro atoms. The summed E-state index contributed by atoms with van der Waals surface area (Å²) in [5, 5.41) is 1.90. The molecule has 0 unspecified atom stereocenters. The second-order valence-corrected chi connectivity index (χ2v) is 20.6. The monoisotopic (exact) mass is 400 g/mol. The van der Waals surface area contributed by atoms with Crippen LogP contribution in [0.25, 0.3) is 0 Å². The van der Waals surface area contributed by atoms with Crippen molar-refractivity contribution in [1.29, 1.82) is 0 Å². The van der Waals surface area contributed by atoms with Crippen molar-refractivity contribution in [2.24, 2.45) is 11.8 Å². The summed E-state index contributed by atoms with van der Waals surface area (Å²) in [5.41, 5.74) is 0. The van der Waals surface area contributed by atoms with Gasteiger partial charge in [0.25, 0.3) is 0 Å². The second-order valence-electron chi connectivity index (χ2n) is 12.8. The van der Waals surface area contributed by atoms with Crippen molar-refractivity contribution in [3.05, 3.63) is 0 Å². The van der Waals surface area contributed by atoms with Gasteiger partial charge in [0, 0.05) is 0 Å². The molecule has 1 rings (SSSR count). The van der Waals surface area contributed by atoms with E-state index < -0.39 is 0 Å². The lowest BCUT2D eigenvalue weighted by Gasteiger charge is -2.46. The second kappa shape index (κ2) is 8.70. The SMILES string of the molecule is CC(C)(C)P(C[C@@H]1CCC[C@@H](CP(C(C)(C)C)C(C)(C)C)C1)C(C)(C)C. The van der Waals surface area contributed by atoms with Gasteiger partial charge in [-0.15, -0.1) is 0 Å². The first kappa shape index (κ1) is 24.9. The summed E-state index contributed by atoms with van der Waals surface area (Å²) in [6.45, 7) is 29.9. The van der Waals surface area contributed by atoms with Gasteiger partial charge in [-0.25, -0.2) is 0 Å². The van der Waals surface area contributed by atoms with Crippen molar-refractivity contribution < 1.29 is 0 Å². The van der Waals surface area contributed by atoms with Crippen molar-refractivity contribution in [2.45, 2.75) is 129 Å². The average molecular weight is 401 g/mol. The molecule has 1 fully saturated rings. The highest BCUT2D eigenvalue weighted by atomic mass is 31.1. The highest BCUT2D eigenvalue weighted by molar-refractivity contribution is 7.61. The summed E-state index contributed by atoms with van der Waals surface area (Å²) in [5.74, 6) is 1.96. The Balaban J connectivity index is 2.83. The van der Waals surface area contributed by atoms with Gasteiger partial charge in [0.05, 0.1) is 0 Å². The number of hydrogen-bond donors (Lipinski definition) is 0. The van der Waals surface area contributed by atoms with E-state index in [4.69, 9.17) is 0 Å². The van der Waals surface area contributed by atoms with E-state index in [9.17, 15) is 0 Å². The van der Waals surface area contributed by atoms with Crippen LogP contribution in [-0.4, -0.2) is 32.9 Å². The minimum Gasteiger partial charge on any atom is -0.0954 e. The Kier molecular flexibility index (Phi) is 8.33. The van der Waals surface area contributed by atoms with Gasteiger partial charge in [-0.1, -0.05) is 118 Å². The summed E-state index contributed by atoms with van der Waals surface area (Å²) < 4.78 is 0. The molecule has 0 aliphatic heterocycles. The fourth-order valence-electron chi connectivity index (χ4n) is 5.36. The largest absolute Gasteiger partial charge is 0.0954 e. The van der Waals surface area contributed by atoms with Crippen LogP contribution in [0.3, 0.4) is 0 Å². The molecule has 0 nitrogen and oxygen atoms in total. The van der Waals surface area contributed by atoms with Crippen LogP contribution in [0.15, 0.2) is 0 Å². The fraction of sp³-hybridized carbons (Fsp3) is 1.00. The normalized spacial score (nSPS) is 23.8. The number of rotatable bonds is 4. The lowest BCUT2D eigenvalue weighted by Crippen LogP contribution is -2.32. The van der Waals surface area contributed by atoms with Gasteiger partial charge in [0.2, 0.25) is 0 Å². The maximum atomic E-state index is 2.49. The first-order valence-corrected chi connectivity index (χ1v) is 14.0. The molecule has 0 aromatic heterocycles. The van der Waals surface area contributed by atoms with E-state index in [1.165, 1.54) is 38.0 Å². The molecular formula is C24H50P2. The van der Waals surface area contributed by atoms with Crippen LogP contribution in [0, 0.1) is 11.8 Å². The molecule has 0 saturated heterocycles. The van der Waals surface area contributed by atoms with E-state index in [-0.39, 0.29) is 15.8 Å². The summed E-state index contributed by atoms with van der Waals surface area (Å²) in [6, 6.07) is 0. The standard InChI is InChI=1S/C24H50P2/c1-21(2,3)25(22(4,5)6)17-19-14-13-15-20(16-19)18-26(23(7,8)9)24(10,11)12/h19-20H,13-18H2,1-12H3/t19-,20-/m1/s1. The summed E-state index contributed by atoms with van der Waals surface area (Å²) in [7, 11) is 0.110. The zero-order valence-corrected chi connectivity index (χ0v) is 22.1. The smallest absolute Gasteiger partial charge is 0.0175 e. The Hall–Kier alpha value is 0.860. The average Bonchev–Trinajstić information content (AvgIpc) is 2.37. The Morgan fingerprint density at radius 1 is 0.538 bits per heavy atom. The van der Waals surface area contributed by atoms with Crippen molar-refractivity contribution >= 4 is 15.8 Å². The van der Waals surface area contributed by atoms with E-state index in [1.807, 2.05) is 0 Å². The van der Waals surface area contributed by atoms with Crippen LogP contribution < -0.4 is 0 Å². The minimum absolute atomic E-state index is 0.0551. The molecular weight excluding hydrogens is 350 g/mol. The van der Waals surface area contributed by atoms with Gasteiger partial charge in [-0.3, -0.25) is 0 Å². The number of hydrogen-bond acceptors (Lipinski definition) is 0. The third-order valence-electron chi connectivity index (χ3n) is 6.01. The van der Waals surface area contributed by atoms with Crippen LogP contribution in [-0.2, 0) is 0 Å². The minimum atomic E-state index is 0.0551. The third-order valence-corrected chi connectivity index (χ3v) is 14.3. The molecule has 156 valence electrons. The summed E-state index contributed by atoms with van der Waals surface area (Å²) in [6.07, 6.45) is 8.97. The van der Waals surface area contributed by atoms with Gasteiger partial charge in [0.1, 0.15) is 0 Å². The van der Waals surface area contributed by atoms with Crippen LogP contribution >= 0.6 is 15.8 Å². The van der Waals surface area contributed by atoms with Crippen LogP contribution in [0.2, 0.25) is 0 Å². The Morgan fingerprint density at radius 2 is 0.808 bits per heavy atom. The van der Waals surface area contributed by atoms with E-state index in [0.717, 1.165) is 11.8 Å². The molecule has 0 heterocycles. The van der Waals surface area contributed by atoms with Crippen LogP contribution in [0.1, 0.15) is 109 Å². The predicted molar refractivity (Wildman–Crippen MR) is 128 cm³/mol. The lowest BCUT2D eigenvalue weighted by molar-refractivity contribution is 0.304. The molecule has 2 heteroatoms. The van der Waals surface area contributed by atoms with Gasteiger partial charge in [-0.05, 0) is 51.2 Å². The first-order valence-electron chi connectivity index (χ1n) is 11.0. The molecule has 0 N–H and O–H groups in total. The van der Waals surface area contributed by atoms with Gasteiger partial charge in [0.15, 0.2) is 0 Å². The van der Waals surface area contributed by atoms with Crippen LogP contribution in [0.5, 0.6) is 0 Å². The van der Waals surface area contributed by atoms with Crippen molar-refractivity contribution in [2.75, 3.05) is 12.3 Å². The van der Waals surface area contributed by atoms with Crippen molar-refractivity contribution in [3.8, 4) is 0 Å². The molecule has 0 aromatic rings. The quantitative estimate of drug-likeness (QED) is 0.413. The topological polar surface area (TPSA) is 0 Å². The van der Waals surface area contributed by atoms with Crippen molar-refractivity contribution in [1.82, 2.24) is 0 Å². The zero-order chi connectivity index (χ0) is 20.6. The molecule has 2 atom stereocenters. The summed E-state index contributed by atoms with van der Waals surface area (Å²) >= 11 is 0. The summed E-state index contributed by atoms with van der Waals surface area (Å²) in [4.78, 5) is 0.